The molecule has 0 aliphatic rings. The smallest absolute Gasteiger partial charge is 0.138 e. The monoisotopic (exact) mass is 214 g/mol. The first-order valence-electron chi connectivity index (χ1n) is 4.42. The molecule has 0 spiro atoms. The van der Waals surface area contributed by atoms with E-state index in [0.29, 0.717) is 10.6 Å². The molecule has 0 aliphatic carbocycles. The van der Waals surface area contributed by atoms with E-state index in [4.69, 9.17) is 5.73 Å². The molecule has 78 valence electrons. The van der Waals surface area contributed by atoms with E-state index >= 15 is 0 Å². The van der Waals surface area contributed by atoms with E-state index in [-0.39, 0.29) is 5.82 Å². The predicted molar refractivity (Wildman–Crippen MR) is 60.1 cm³/mol. The number of benzene rings is 1. The van der Waals surface area contributed by atoms with Crippen LogP contribution < -0.4 is 5.73 Å². The van der Waals surface area contributed by atoms with E-state index in [9.17, 15) is 4.39 Å². The van der Waals surface area contributed by atoms with Crippen molar-refractivity contribution in [3.05, 3.63) is 24.0 Å². The average Bonchev–Trinajstić information content (AvgIpc) is 2.08. The van der Waals surface area contributed by atoms with Gasteiger partial charge in [0.15, 0.2) is 0 Å². The second-order valence-corrected chi connectivity index (χ2v) is 4.48. The molecule has 1 aromatic rings. The summed E-state index contributed by atoms with van der Waals surface area (Å²) in [7, 11) is 4.00. The molecule has 0 saturated heterocycles. The lowest BCUT2D eigenvalue weighted by atomic mass is 10.3. The molecule has 2 nitrogen and oxygen atoms in total. The van der Waals surface area contributed by atoms with Crippen molar-refractivity contribution in [3.8, 4) is 0 Å². The third-order valence-corrected chi connectivity index (χ3v) is 2.78. The molecule has 0 unspecified atom stereocenters. The second-order valence-electron chi connectivity index (χ2n) is 3.34. The third kappa shape index (κ3) is 3.55. The van der Waals surface area contributed by atoms with Crippen LogP contribution in [0.25, 0.3) is 0 Å². The molecule has 1 rings (SSSR count). The Morgan fingerprint density at radius 1 is 1.43 bits per heavy atom. The lowest BCUT2D eigenvalue weighted by molar-refractivity contribution is 0.437. The molecule has 0 aromatic heterocycles. The van der Waals surface area contributed by atoms with E-state index < -0.39 is 0 Å². The van der Waals surface area contributed by atoms with Crippen molar-refractivity contribution in [2.75, 3.05) is 32.1 Å². The Morgan fingerprint density at radius 3 is 2.71 bits per heavy atom. The number of nitrogens with two attached hydrogens (primary N) is 1. The van der Waals surface area contributed by atoms with Crippen molar-refractivity contribution in [3.63, 3.8) is 0 Å². The Bertz CT molecular complexity index is 302. The van der Waals surface area contributed by atoms with Crippen molar-refractivity contribution in [2.45, 2.75) is 4.90 Å². The number of nitrogen functional groups attached to an aromatic ring is 1. The summed E-state index contributed by atoms with van der Waals surface area (Å²) in [5.74, 6) is 0.655. The molecule has 0 amide bonds. The fourth-order valence-corrected chi connectivity index (χ4v) is 2.01. The topological polar surface area (TPSA) is 29.3 Å². The Morgan fingerprint density at radius 2 is 2.14 bits per heavy atom. The number of anilines is 1. The molecule has 0 radical (unpaired) electrons. The first-order chi connectivity index (χ1) is 6.59. The summed E-state index contributed by atoms with van der Waals surface area (Å²) in [5.41, 5.74) is 5.92. The van der Waals surface area contributed by atoms with Gasteiger partial charge in [-0.15, -0.1) is 11.8 Å². The molecule has 0 heterocycles. The van der Waals surface area contributed by atoms with Crippen LogP contribution in [0.1, 0.15) is 0 Å². The zero-order chi connectivity index (χ0) is 10.6. The number of thioether (sulfide) groups is 1. The predicted octanol–water partition coefficient (Wildman–Crippen LogP) is 2.06. The molecule has 2 N–H and O–H groups in total. The van der Waals surface area contributed by atoms with Crippen LogP contribution in [0.4, 0.5) is 10.1 Å². The van der Waals surface area contributed by atoms with Crippen molar-refractivity contribution < 1.29 is 4.39 Å². The second kappa shape index (κ2) is 5.22. The van der Waals surface area contributed by atoms with Gasteiger partial charge in [-0.25, -0.2) is 4.39 Å². The van der Waals surface area contributed by atoms with Crippen LogP contribution in [-0.4, -0.2) is 31.3 Å². The number of hydrogen-bond donors (Lipinski definition) is 1. The van der Waals surface area contributed by atoms with Gasteiger partial charge < -0.3 is 10.6 Å². The summed E-state index contributed by atoms with van der Waals surface area (Å²) in [6.07, 6.45) is 0. The van der Waals surface area contributed by atoms with E-state index in [1.165, 1.54) is 17.8 Å². The highest BCUT2D eigenvalue weighted by atomic mass is 32.2. The largest absolute Gasteiger partial charge is 0.399 e. The quantitative estimate of drug-likeness (QED) is 0.614. The fourth-order valence-electron chi connectivity index (χ4n) is 0.972. The highest BCUT2D eigenvalue weighted by Crippen LogP contribution is 2.23. The maximum Gasteiger partial charge on any atom is 0.138 e. The van der Waals surface area contributed by atoms with Crippen molar-refractivity contribution >= 4 is 17.4 Å². The van der Waals surface area contributed by atoms with Crippen LogP contribution in [0.3, 0.4) is 0 Å². The summed E-state index contributed by atoms with van der Waals surface area (Å²) in [6.45, 7) is 0.939. The van der Waals surface area contributed by atoms with E-state index in [0.717, 1.165) is 12.3 Å². The van der Waals surface area contributed by atoms with Gasteiger partial charge in [-0.3, -0.25) is 0 Å². The van der Waals surface area contributed by atoms with Gasteiger partial charge >= 0.3 is 0 Å². The molecule has 0 fully saturated rings. The van der Waals surface area contributed by atoms with Crippen LogP contribution in [0.15, 0.2) is 23.1 Å². The molecule has 14 heavy (non-hydrogen) atoms. The van der Waals surface area contributed by atoms with Gasteiger partial charge in [0.1, 0.15) is 5.82 Å². The summed E-state index contributed by atoms with van der Waals surface area (Å²) in [4.78, 5) is 2.74. The van der Waals surface area contributed by atoms with Crippen molar-refractivity contribution in [1.29, 1.82) is 0 Å². The summed E-state index contributed by atoms with van der Waals surface area (Å²) in [6, 6.07) is 4.81. The maximum absolute atomic E-state index is 13.3. The molecular weight excluding hydrogens is 199 g/mol. The van der Waals surface area contributed by atoms with Crippen LogP contribution in [0.5, 0.6) is 0 Å². The van der Waals surface area contributed by atoms with Gasteiger partial charge in [0.25, 0.3) is 0 Å². The highest BCUT2D eigenvalue weighted by molar-refractivity contribution is 7.99. The first kappa shape index (κ1) is 11.3. The number of nitrogens with zero attached hydrogens (tertiary/aromatic N) is 1. The van der Waals surface area contributed by atoms with Gasteiger partial charge in [0, 0.05) is 22.9 Å². The lowest BCUT2D eigenvalue weighted by Crippen LogP contribution is -2.14. The number of hydrogen-bond acceptors (Lipinski definition) is 3. The summed E-state index contributed by atoms with van der Waals surface area (Å²) >= 11 is 1.51. The van der Waals surface area contributed by atoms with Gasteiger partial charge in [0.05, 0.1) is 0 Å². The van der Waals surface area contributed by atoms with Gasteiger partial charge in [-0.1, -0.05) is 0 Å². The lowest BCUT2D eigenvalue weighted by Gasteiger charge is -2.09. The standard InChI is InChI=1S/C10H15FN2S/c1-13(2)5-6-14-10-4-3-8(12)7-9(10)11/h3-4,7H,5-6,12H2,1-2H3. The van der Waals surface area contributed by atoms with E-state index in [1.54, 1.807) is 12.1 Å². The molecular formula is C10H15FN2S. The van der Waals surface area contributed by atoms with Gasteiger partial charge in [0.2, 0.25) is 0 Å². The van der Waals surface area contributed by atoms with Crippen molar-refractivity contribution in [2.24, 2.45) is 0 Å². The van der Waals surface area contributed by atoms with Crippen LogP contribution in [0, 0.1) is 5.82 Å². The minimum Gasteiger partial charge on any atom is -0.399 e. The summed E-state index contributed by atoms with van der Waals surface area (Å²) < 4.78 is 13.3. The average molecular weight is 214 g/mol. The zero-order valence-electron chi connectivity index (χ0n) is 8.46. The minimum atomic E-state index is -0.228. The molecule has 4 heteroatoms. The highest BCUT2D eigenvalue weighted by Gasteiger charge is 2.02. The zero-order valence-corrected chi connectivity index (χ0v) is 9.27. The van der Waals surface area contributed by atoms with E-state index in [1.807, 2.05) is 14.1 Å². The van der Waals surface area contributed by atoms with E-state index in [2.05, 4.69) is 4.90 Å². The first-order valence-corrected chi connectivity index (χ1v) is 5.40. The van der Waals surface area contributed by atoms with Crippen molar-refractivity contribution in [1.82, 2.24) is 4.90 Å². The molecule has 1 aromatic carbocycles. The normalized spacial score (nSPS) is 10.9. The Labute approximate surface area is 88.3 Å². The SMILES string of the molecule is CN(C)CCSc1ccc(N)cc1F. The Hall–Kier alpha value is -0.740. The van der Waals surface area contributed by atoms with Gasteiger partial charge in [-0.2, -0.15) is 0 Å². The number of rotatable bonds is 4. The minimum absolute atomic E-state index is 0.228. The molecule has 0 atom stereocenters. The molecule has 0 bridgehead atoms. The Kier molecular flexibility index (Phi) is 4.22. The maximum atomic E-state index is 13.3. The van der Waals surface area contributed by atoms with Crippen LogP contribution in [0.2, 0.25) is 0 Å². The fraction of sp³-hybridized carbons (Fsp3) is 0.400. The number of halogens is 1. The molecule has 0 saturated carbocycles. The molecule has 0 aliphatic heterocycles. The van der Waals surface area contributed by atoms with Crippen LogP contribution >= 0.6 is 11.8 Å². The third-order valence-electron chi connectivity index (χ3n) is 1.75. The summed E-state index contributed by atoms with van der Waals surface area (Å²) in [5, 5.41) is 0. The Balaban J connectivity index is 2.51. The van der Waals surface area contributed by atoms with Crippen LogP contribution in [-0.2, 0) is 0 Å². The van der Waals surface area contributed by atoms with Gasteiger partial charge in [-0.05, 0) is 32.3 Å².